The second kappa shape index (κ2) is 6.71. The number of carbonyl (C=O) groups excluding carboxylic acids is 2. The van der Waals surface area contributed by atoms with Crippen LogP contribution in [-0.4, -0.2) is 22.6 Å². The molecule has 4 aliphatic rings. The molecule has 2 unspecified atom stereocenters. The van der Waals surface area contributed by atoms with E-state index in [0.29, 0.717) is 24.0 Å². The summed E-state index contributed by atoms with van der Waals surface area (Å²) in [4.78, 5) is 25.0. The molecule has 1 heterocycles. The Balaban J connectivity index is 1.29. The molecule has 1 amide bonds. The second-order valence-electron chi connectivity index (χ2n) is 9.32. The van der Waals surface area contributed by atoms with Gasteiger partial charge in [0.15, 0.2) is 12.4 Å². The molecule has 2 atom stereocenters. The summed E-state index contributed by atoms with van der Waals surface area (Å²) in [6, 6.07) is 11.6. The van der Waals surface area contributed by atoms with Gasteiger partial charge in [-0.3, -0.25) is 9.59 Å². The molecule has 2 aromatic rings. The number of ether oxygens (including phenoxy) is 1. The van der Waals surface area contributed by atoms with E-state index >= 15 is 0 Å². The summed E-state index contributed by atoms with van der Waals surface area (Å²) in [5.74, 6) is 1.36. The van der Waals surface area contributed by atoms with Crippen molar-refractivity contribution in [1.82, 2.24) is 10.5 Å². The van der Waals surface area contributed by atoms with Crippen molar-refractivity contribution in [2.45, 2.75) is 57.6 Å². The van der Waals surface area contributed by atoms with Crippen molar-refractivity contribution >= 4 is 11.9 Å². The number of amides is 1. The summed E-state index contributed by atoms with van der Waals surface area (Å²) in [7, 11) is 0. The predicted molar refractivity (Wildman–Crippen MR) is 105 cm³/mol. The van der Waals surface area contributed by atoms with Gasteiger partial charge < -0.3 is 14.6 Å². The van der Waals surface area contributed by atoms with E-state index < -0.39 is 5.41 Å². The number of nitrogens with one attached hydrogen (secondary N) is 1. The number of benzene rings is 1. The van der Waals surface area contributed by atoms with Crippen LogP contribution in [0.3, 0.4) is 0 Å². The van der Waals surface area contributed by atoms with Gasteiger partial charge >= 0.3 is 5.97 Å². The number of hydrogen-bond acceptors (Lipinski definition) is 5. The predicted octanol–water partition coefficient (Wildman–Crippen LogP) is 3.86. The van der Waals surface area contributed by atoms with E-state index in [1.807, 2.05) is 36.4 Å². The molecule has 29 heavy (non-hydrogen) atoms. The number of aromatic nitrogens is 1. The molecule has 4 saturated carbocycles. The van der Waals surface area contributed by atoms with Crippen molar-refractivity contribution in [2.75, 3.05) is 0 Å². The Bertz CT molecular complexity index is 921. The summed E-state index contributed by atoms with van der Waals surface area (Å²) in [5.41, 5.74) is 0.986. The lowest BCUT2D eigenvalue weighted by atomic mass is 9.47. The number of rotatable bonds is 5. The lowest BCUT2D eigenvalue weighted by molar-refractivity contribution is -0.177. The van der Waals surface area contributed by atoms with E-state index in [1.165, 1.54) is 6.42 Å². The van der Waals surface area contributed by atoms with E-state index in [4.69, 9.17) is 9.26 Å². The lowest BCUT2D eigenvalue weighted by Crippen LogP contribution is -2.64. The summed E-state index contributed by atoms with van der Waals surface area (Å²) >= 11 is 0. The number of hydrogen-bond donors (Lipinski definition) is 1. The van der Waals surface area contributed by atoms with E-state index in [-0.39, 0.29) is 24.0 Å². The van der Waals surface area contributed by atoms with Crippen LogP contribution >= 0.6 is 0 Å². The lowest BCUT2D eigenvalue weighted by Gasteiger charge is -2.60. The molecule has 6 rings (SSSR count). The third kappa shape index (κ3) is 3.34. The minimum atomic E-state index is -0.477. The van der Waals surface area contributed by atoms with Crippen LogP contribution in [0.5, 0.6) is 0 Å². The zero-order valence-corrected chi connectivity index (χ0v) is 16.6. The molecular formula is C23H26N2O4. The van der Waals surface area contributed by atoms with Crippen molar-refractivity contribution < 1.29 is 18.8 Å². The topological polar surface area (TPSA) is 81.4 Å². The maximum Gasteiger partial charge on any atom is 0.312 e. The van der Waals surface area contributed by atoms with Gasteiger partial charge in [0.1, 0.15) is 5.69 Å². The Morgan fingerprint density at radius 3 is 2.59 bits per heavy atom. The monoisotopic (exact) mass is 394 g/mol. The first-order chi connectivity index (χ1) is 14.0. The van der Waals surface area contributed by atoms with Gasteiger partial charge in [-0.1, -0.05) is 35.5 Å². The SMILES string of the molecule is CC(=O)NC12CC3CC(C1)CC(C(=O)OCc1cc(-c4ccccc4)no1)(C3)C2. The highest BCUT2D eigenvalue weighted by Gasteiger charge is 2.61. The molecule has 0 radical (unpaired) electrons. The van der Waals surface area contributed by atoms with Crippen molar-refractivity contribution in [1.29, 1.82) is 0 Å². The maximum atomic E-state index is 13.2. The fraction of sp³-hybridized carbons (Fsp3) is 0.522. The van der Waals surface area contributed by atoms with Gasteiger partial charge in [-0.05, 0) is 50.4 Å². The molecule has 1 N–H and O–H groups in total. The maximum absolute atomic E-state index is 13.2. The van der Waals surface area contributed by atoms with Gasteiger partial charge in [0.05, 0.1) is 5.41 Å². The quantitative estimate of drug-likeness (QED) is 0.779. The third-order valence-electron chi connectivity index (χ3n) is 6.91. The Morgan fingerprint density at radius 1 is 1.17 bits per heavy atom. The number of carbonyl (C=O) groups is 2. The standard InChI is InChI=1S/C23H26N2O4/c1-15(26)24-23-11-16-7-17(12-23)10-22(9-16,14-23)21(27)28-13-19-8-20(25-29-19)18-5-3-2-4-6-18/h2-6,8,16-17H,7,9-14H2,1H3,(H,24,26). The van der Waals surface area contributed by atoms with Crippen molar-refractivity contribution in [3.63, 3.8) is 0 Å². The molecule has 0 aliphatic heterocycles. The average Bonchev–Trinajstić information content (AvgIpc) is 3.14. The summed E-state index contributed by atoms with van der Waals surface area (Å²) in [5, 5.41) is 7.27. The second-order valence-corrected chi connectivity index (χ2v) is 9.32. The van der Waals surface area contributed by atoms with Crippen molar-refractivity contribution in [2.24, 2.45) is 17.3 Å². The Kier molecular flexibility index (Phi) is 4.26. The molecule has 6 nitrogen and oxygen atoms in total. The molecular weight excluding hydrogens is 368 g/mol. The van der Waals surface area contributed by atoms with Crippen LogP contribution in [0.1, 0.15) is 51.2 Å². The van der Waals surface area contributed by atoms with Gasteiger partial charge in [0, 0.05) is 24.1 Å². The highest BCUT2D eigenvalue weighted by atomic mass is 16.6. The van der Waals surface area contributed by atoms with Crippen molar-refractivity contribution in [3.05, 3.63) is 42.2 Å². The van der Waals surface area contributed by atoms with Gasteiger partial charge in [0.25, 0.3) is 0 Å². The van der Waals surface area contributed by atoms with E-state index in [0.717, 1.165) is 36.9 Å². The fourth-order valence-electron chi connectivity index (χ4n) is 6.44. The van der Waals surface area contributed by atoms with Crippen LogP contribution in [0.15, 0.2) is 40.9 Å². The Morgan fingerprint density at radius 2 is 1.90 bits per heavy atom. The van der Waals surface area contributed by atoms with Crippen LogP contribution in [0, 0.1) is 17.3 Å². The normalized spacial score (nSPS) is 32.2. The van der Waals surface area contributed by atoms with Gasteiger partial charge in [-0.25, -0.2) is 0 Å². The molecule has 0 spiro atoms. The zero-order chi connectivity index (χ0) is 20.1. The molecule has 0 saturated heterocycles. The van der Waals surface area contributed by atoms with Crippen LogP contribution in [0.4, 0.5) is 0 Å². The minimum Gasteiger partial charge on any atom is -0.457 e. The Hall–Kier alpha value is -2.63. The van der Waals surface area contributed by atoms with Gasteiger partial charge in [-0.15, -0.1) is 0 Å². The molecule has 1 aromatic carbocycles. The summed E-state index contributed by atoms with van der Waals surface area (Å²) in [6.45, 7) is 1.65. The zero-order valence-electron chi connectivity index (χ0n) is 16.6. The third-order valence-corrected chi connectivity index (χ3v) is 6.91. The van der Waals surface area contributed by atoms with E-state index in [9.17, 15) is 9.59 Å². The smallest absolute Gasteiger partial charge is 0.312 e. The molecule has 4 fully saturated rings. The van der Waals surface area contributed by atoms with Gasteiger partial charge in [0.2, 0.25) is 5.91 Å². The van der Waals surface area contributed by atoms with Crippen LogP contribution < -0.4 is 5.32 Å². The summed E-state index contributed by atoms with van der Waals surface area (Å²) in [6.07, 6.45) is 5.57. The van der Waals surface area contributed by atoms with Crippen LogP contribution in [-0.2, 0) is 20.9 Å². The first-order valence-electron chi connectivity index (χ1n) is 10.4. The Labute approximate surface area is 170 Å². The summed E-state index contributed by atoms with van der Waals surface area (Å²) < 4.78 is 11.1. The van der Waals surface area contributed by atoms with Crippen LogP contribution in [0.2, 0.25) is 0 Å². The fourth-order valence-corrected chi connectivity index (χ4v) is 6.44. The molecule has 6 heteroatoms. The van der Waals surface area contributed by atoms with Crippen molar-refractivity contribution in [3.8, 4) is 11.3 Å². The first-order valence-corrected chi connectivity index (χ1v) is 10.4. The van der Waals surface area contributed by atoms with Gasteiger partial charge in [-0.2, -0.15) is 0 Å². The number of esters is 1. The molecule has 4 aliphatic carbocycles. The molecule has 152 valence electrons. The average molecular weight is 394 g/mol. The molecule has 1 aromatic heterocycles. The minimum absolute atomic E-state index is 0.00873. The largest absolute Gasteiger partial charge is 0.457 e. The highest BCUT2D eigenvalue weighted by molar-refractivity contribution is 5.79. The van der Waals surface area contributed by atoms with E-state index in [2.05, 4.69) is 10.5 Å². The van der Waals surface area contributed by atoms with Crippen LogP contribution in [0.25, 0.3) is 11.3 Å². The van der Waals surface area contributed by atoms with E-state index in [1.54, 1.807) is 6.92 Å². The first kappa shape index (κ1) is 18.4. The highest BCUT2D eigenvalue weighted by Crippen LogP contribution is 2.62. The molecule has 4 bridgehead atoms. The number of nitrogens with zero attached hydrogens (tertiary/aromatic N) is 1.